The van der Waals surface area contributed by atoms with Gasteiger partial charge in [-0.2, -0.15) is 0 Å². The molecule has 0 saturated carbocycles. The molecule has 32 heavy (non-hydrogen) atoms. The van der Waals surface area contributed by atoms with Gasteiger partial charge in [0.1, 0.15) is 24.7 Å². The predicted molar refractivity (Wildman–Crippen MR) is 118 cm³/mol. The normalized spacial score (nSPS) is 12.9. The summed E-state index contributed by atoms with van der Waals surface area (Å²) < 4.78 is 27.1. The lowest BCUT2D eigenvalue weighted by atomic mass is 9.87. The summed E-state index contributed by atoms with van der Waals surface area (Å²) in [7, 11) is 1.50. The standard InChI is InChI=1S/C24H32O8/c1-24(28-2,20-5-9-22(10-6-20)32-18-16-30-14-12-26)23(27)19-3-7-21(8-4-19)31-17-15-29-13-11-25/h3-10,25-26H,11-18H2,1-2H3. The lowest BCUT2D eigenvalue weighted by Gasteiger charge is -2.27. The number of carbonyl (C=O) groups is 1. The van der Waals surface area contributed by atoms with Crippen LogP contribution in [0.15, 0.2) is 48.5 Å². The molecule has 0 aliphatic rings. The Balaban J connectivity index is 1.97. The van der Waals surface area contributed by atoms with Crippen LogP contribution in [0.5, 0.6) is 11.5 Å². The van der Waals surface area contributed by atoms with E-state index in [1.165, 1.54) is 7.11 Å². The first-order valence-electron chi connectivity index (χ1n) is 10.5. The number of Topliss-reactive ketones (excluding diaryl/α,β-unsaturated/α-hetero) is 1. The number of hydrogen-bond acceptors (Lipinski definition) is 8. The molecule has 1 atom stereocenters. The van der Waals surface area contributed by atoms with Crippen LogP contribution in [0.2, 0.25) is 0 Å². The summed E-state index contributed by atoms with van der Waals surface area (Å²) in [6.07, 6.45) is 0. The zero-order valence-electron chi connectivity index (χ0n) is 18.6. The average Bonchev–Trinajstić information content (AvgIpc) is 2.83. The van der Waals surface area contributed by atoms with E-state index in [9.17, 15) is 4.79 Å². The summed E-state index contributed by atoms with van der Waals surface area (Å²) >= 11 is 0. The molecule has 0 spiro atoms. The summed E-state index contributed by atoms with van der Waals surface area (Å²) in [5, 5.41) is 17.4. The van der Waals surface area contributed by atoms with Gasteiger partial charge >= 0.3 is 0 Å². The molecular formula is C24H32O8. The molecular weight excluding hydrogens is 416 g/mol. The molecule has 0 heterocycles. The molecule has 0 aliphatic heterocycles. The number of rotatable bonds is 16. The van der Waals surface area contributed by atoms with E-state index in [-0.39, 0.29) is 32.2 Å². The van der Waals surface area contributed by atoms with Crippen molar-refractivity contribution < 1.29 is 38.7 Å². The van der Waals surface area contributed by atoms with E-state index in [4.69, 9.17) is 33.9 Å². The molecule has 8 heteroatoms. The smallest absolute Gasteiger partial charge is 0.198 e. The first-order chi connectivity index (χ1) is 15.5. The number of ketones is 1. The minimum Gasteiger partial charge on any atom is -0.491 e. The number of hydrogen-bond donors (Lipinski definition) is 2. The highest BCUT2D eigenvalue weighted by Crippen LogP contribution is 2.31. The van der Waals surface area contributed by atoms with Gasteiger partial charge in [-0.15, -0.1) is 0 Å². The van der Waals surface area contributed by atoms with Crippen LogP contribution < -0.4 is 9.47 Å². The van der Waals surface area contributed by atoms with E-state index in [1.807, 2.05) is 0 Å². The summed E-state index contributed by atoms with van der Waals surface area (Å²) in [6, 6.07) is 14.0. The highest BCUT2D eigenvalue weighted by atomic mass is 16.5. The number of carbonyl (C=O) groups excluding carboxylic acids is 1. The maximum Gasteiger partial charge on any atom is 0.198 e. The molecule has 2 aromatic carbocycles. The van der Waals surface area contributed by atoms with E-state index in [0.717, 1.165) is 0 Å². The largest absolute Gasteiger partial charge is 0.491 e. The number of benzene rings is 2. The molecule has 0 aromatic heterocycles. The maximum atomic E-state index is 13.2. The minimum absolute atomic E-state index is 0.0194. The Morgan fingerprint density at radius 3 is 1.66 bits per heavy atom. The zero-order valence-corrected chi connectivity index (χ0v) is 18.6. The summed E-state index contributed by atoms with van der Waals surface area (Å²) in [5.41, 5.74) is 0.0401. The van der Waals surface area contributed by atoms with Gasteiger partial charge in [-0.25, -0.2) is 0 Å². The molecule has 0 radical (unpaired) electrons. The Morgan fingerprint density at radius 2 is 1.22 bits per heavy atom. The molecule has 0 fully saturated rings. The van der Waals surface area contributed by atoms with Gasteiger partial charge in [-0.3, -0.25) is 4.79 Å². The van der Waals surface area contributed by atoms with Gasteiger partial charge in [0.05, 0.1) is 39.6 Å². The Morgan fingerprint density at radius 1 is 0.750 bits per heavy atom. The summed E-state index contributed by atoms with van der Waals surface area (Å²) in [5.74, 6) is 1.10. The molecule has 0 aliphatic carbocycles. The van der Waals surface area contributed by atoms with Gasteiger partial charge in [0.15, 0.2) is 11.4 Å². The Kier molecular flexibility index (Phi) is 11.1. The number of aliphatic hydroxyl groups is 2. The van der Waals surface area contributed by atoms with Crippen molar-refractivity contribution in [2.75, 3.05) is 60.0 Å². The van der Waals surface area contributed by atoms with Crippen molar-refractivity contribution in [2.45, 2.75) is 12.5 Å². The highest BCUT2D eigenvalue weighted by Gasteiger charge is 2.35. The predicted octanol–water partition coefficient (Wildman–Crippen LogP) is 2.21. The third-order valence-corrected chi connectivity index (χ3v) is 4.83. The van der Waals surface area contributed by atoms with Crippen LogP contribution in [0.4, 0.5) is 0 Å². The van der Waals surface area contributed by atoms with Gasteiger partial charge in [-0.1, -0.05) is 12.1 Å². The fourth-order valence-electron chi connectivity index (χ4n) is 2.96. The third-order valence-electron chi connectivity index (χ3n) is 4.83. The van der Waals surface area contributed by atoms with Crippen molar-refractivity contribution >= 4 is 5.78 Å². The molecule has 0 saturated heterocycles. The van der Waals surface area contributed by atoms with E-state index >= 15 is 0 Å². The molecule has 176 valence electrons. The Hall–Kier alpha value is -2.49. The van der Waals surface area contributed by atoms with Crippen LogP contribution in [0.25, 0.3) is 0 Å². The molecule has 1 unspecified atom stereocenters. The van der Waals surface area contributed by atoms with Crippen LogP contribution in [0.3, 0.4) is 0 Å². The molecule has 2 N–H and O–H groups in total. The Bertz CT molecular complexity index is 791. The lowest BCUT2D eigenvalue weighted by Crippen LogP contribution is -2.34. The topological polar surface area (TPSA) is 104 Å². The first-order valence-corrected chi connectivity index (χ1v) is 10.5. The van der Waals surface area contributed by atoms with E-state index in [1.54, 1.807) is 55.5 Å². The minimum atomic E-state index is -1.16. The van der Waals surface area contributed by atoms with Crippen molar-refractivity contribution in [3.05, 3.63) is 59.7 Å². The lowest BCUT2D eigenvalue weighted by molar-refractivity contribution is 0.0101. The first kappa shape index (κ1) is 25.8. The molecule has 8 nitrogen and oxygen atoms in total. The van der Waals surface area contributed by atoms with Crippen molar-refractivity contribution in [2.24, 2.45) is 0 Å². The van der Waals surface area contributed by atoms with E-state index in [2.05, 4.69) is 0 Å². The second-order valence-corrected chi connectivity index (χ2v) is 6.98. The van der Waals surface area contributed by atoms with Gasteiger partial charge in [-0.05, 0) is 48.9 Å². The van der Waals surface area contributed by atoms with Crippen molar-refractivity contribution in [3.8, 4) is 11.5 Å². The maximum absolute atomic E-state index is 13.2. The summed E-state index contributed by atoms with van der Waals surface area (Å²) in [4.78, 5) is 13.2. The molecule has 2 rings (SSSR count). The molecule has 0 bridgehead atoms. The number of ether oxygens (including phenoxy) is 5. The highest BCUT2D eigenvalue weighted by molar-refractivity contribution is 6.02. The monoisotopic (exact) mass is 448 g/mol. The summed E-state index contributed by atoms with van der Waals surface area (Å²) in [6.45, 7) is 3.72. The molecule has 0 amide bonds. The van der Waals surface area contributed by atoms with Crippen molar-refractivity contribution in [1.82, 2.24) is 0 Å². The fraction of sp³-hybridized carbons (Fsp3) is 0.458. The van der Waals surface area contributed by atoms with Gasteiger partial charge in [0.2, 0.25) is 0 Å². The van der Waals surface area contributed by atoms with Gasteiger partial charge in [0, 0.05) is 12.7 Å². The van der Waals surface area contributed by atoms with Crippen LogP contribution in [0, 0.1) is 0 Å². The average molecular weight is 449 g/mol. The SMILES string of the molecule is COC(C)(C(=O)c1ccc(OCCOCCO)cc1)c1ccc(OCCOCCO)cc1. The second kappa shape index (κ2) is 13.8. The number of methoxy groups -OCH3 is 1. The number of aliphatic hydroxyl groups excluding tert-OH is 2. The zero-order chi connectivity index (χ0) is 23.2. The van der Waals surface area contributed by atoms with Crippen molar-refractivity contribution in [3.63, 3.8) is 0 Å². The van der Waals surface area contributed by atoms with Gasteiger partial charge in [0.25, 0.3) is 0 Å². The van der Waals surface area contributed by atoms with Crippen LogP contribution in [-0.4, -0.2) is 76.0 Å². The van der Waals surface area contributed by atoms with Crippen LogP contribution in [-0.2, 0) is 19.8 Å². The third kappa shape index (κ3) is 7.58. The van der Waals surface area contributed by atoms with E-state index < -0.39 is 5.60 Å². The second-order valence-electron chi connectivity index (χ2n) is 6.98. The van der Waals surface area contributed by atoms with Gasteiger partial charge < -0.3 is 33.9 Å². The van der Waals surface area contributed by atoms with Crippen LogP contribution >= 0.6 is 0 Å². The van der Waals surface area contributed by atoms with Crippen molar-refractivity contribution in [1.29, 1.82) is 0 Å². The quantitative estimate of drug-likeness (QED) is 0.298. The van der Waals surface area contributed by atoms with Crippen LogP contribution in [0.1, 0.15) is 22.8 Å². The Labute approximate surface area is 188 Å². The van der Waals surface area contributed by atoms with E-state index in [0.29, 0.717) is 49.1 Å². The molecule has 2 aromatic rings. The fourth-order valence-corrected chi connectivity index (χ4v) is 2.96.